The van der Waals surface area contributed by atoms with Crippen molar-refractivity contribution in [3.8, 4) is 0 Å². The molecular weight excluding hydrogens is 306 g/mol. The number of carbonyl (C=O) groups excluding carboxylic acids is 1. The predicted molar refractivity (Wildman–Crippen MR) is 94.6 cm³/mol. The van der Waals surface area contributed by atoms with Gasteiger partial charge in [-0.05, 0) is 36.1 Å². The summed E-state index contributed by atoms with van der Waals surface area (Å²) in [5.74, 6) is 0.0818. The van der Waals surface area contributed by atoms with E-state index < -0.39 is 0 Å². The molecule has 3 rings (SSSR count). The summed E-state index contributed by atoms with van der Waals surface area (Å²) < 4.78 is 0. The first-order valence-electron chi connectivity index (χ1n) is 7.80. The molecule has 1 amide bonds. The minimum atomic E-state index is -0.0771. The molecular formula is C20H20ClNO. The zero-order chi connectivity index (χ0) is 16.4. The van der Waals surface area contributed by atoms with Gasteiger partial charge >= 0.3 is 0 Å². The number of rotatable bonds is 5. The Labute approximate surface area is 142 Å². The Hall–Kier alpha value is -2.06. The standard InChI is InChI=1S/C20H20ClNO/c1-14(2)12-22(13-15-7-4-3-5-8-15)20(23)18-11-17-16(18)9-6-10-19(17)21/h3-10,18H,1,11-13H2,2H3. The van der Waals surface area contributed by atoms with Crippen LogP contribution in [0.5, 0.6) is 0 Å². The summed E-state index contributed by atoms with van der Waals surface area (Å²) in [5, 5.41) is 0.765. The zero-order valence-electron chi connectivity index (χ0n) is 13.3. The maximum Gasteiger partial charge on any atom is 0.231 e. The van der Waals surface area contributed by atoms with Crippen molar-refractivity contribution >= 4 is 17.5 Å². The molecule has 0 spiro atoms. The number of benzene rings is 2. The van der Waals surface area contributed by atoms with Gasteiger partial charge in [-0.3, -0.25) is 4.79 Å². The SMILES string of the molecule is C=C(C)CN(Cc1ccccc1)C(=O)C1Cc2c(Cl)cccc21. The molecule has 0 saturated carbocycles. The highest BCUT2D eigenvalue weighted by atomic mass is 35.5. The molecule has 2 nitrogen and oxygen atoms in total. The van der Waals surface area contributed by atoms with E-state index in [-0.39, 0.29) is 11.8 Å². The van der Waals surface area contributed by atoms with Crippen molar-refractivity contribution in [1.29, 1.82) is 0 Å². The van der Waals surface area contributed by atoms with Crippen molar-refractivity contribution in [3.63, 3.8) is 0 Å². The first-order chi connectivity index (χ1) is 11.1. The van der Waals surface area contributed by atoms with Gasteiger partial charge in [0, 0.05) is 18.1 Å². The van der Waals surface area contributed by atoms with Gasteiger partial charge in [-0.25, -0.2) is 0 Å². The van der Waals surface area contributed by atoms with Crippen LogP contribution in [0.25, 0.3) is 0 Å². The summed E-state index contributed by atoms with van der Waals surface area (Å²) in [4.78, 5) is 14.9. The lowest BCUT2D eigenvalue weighted by molar-refractivity contribution is -0.133. The summed E-state index contributed by atoms with van der Waals surface area (Å²) in [7, 11) is 0. The number of carbonyl (C=O) groups is 1. The molecule has 0 aliphatic heterocycles. The molecule has 2 aromatic carbocycles. The molecule has 1 unspecified atom stereocenters. The third-order valence-electron chi connectivity index (χ3n) is 4.23. The fourth-order valence-corrected chi connectivity index (χ4v) is 3.34. The van der Waals surface area contributed by atoms with E-state index in [2.05, 4.69) is 6.58 Å². The largest absolute Gasteiger partial charge is 0.334 e. The highest BCUT2D eigenvalue weighted by Crippen LogP contribution is 2.40. The lowest BCUT2D eigenvalue weighted by Crippen LogP contribution is -2.39. The number of nitrogens with zero attached hydrogens (tertiary/aromatic N) is 1. The quantitative estimate of drug-likeness (QED) is 0.737. The van der Waals surface area contributed by atoms with Crippen LogP contribution in [-0.2, 0) is 17.8 Å². The van der Waals surface area contributed by atoms with E-state index in [1.807, 2.05) is 60.4 Å². The number of halogens is 1. The van der Waals surface area contributed by atoms with Gasteiger partial charge in [0.05, 0.1) is 5.92 Å². The van der Waals surface area contributed by atoms with Gasteiger partial charge in [0.1, 0.15) is 0 Å². The van der Waals surface area contributed by atoms with Crippen molar-refractivity contribution in [2.75, 3.05) is 6.54 Å². The van der Waals surface area contributed by atoms with Gasteiger partial charge in [0.25, 0.3) is 0 Å². The van der Waals surface area contributed by atoms with Crippen molar-refractivity contribution in [2.45, 2.75) is 25.8 Å². The molecule has 0 heterocycles. The first-order valence-corrected chi connectivity index (χ1v) is 8.18. The third-order valence-corrected chi connectivity index (χ3v) is 4.58. The van der Waals surface area contributed by atoms with Gasteiger partial charge in [-0.2, -0.15) is 0 Å². The topological polar surface area (TPSA) is 20.3 Å². The maximum absolute atomic E-state index is 13.0. The molecule has 0 radical (unpaired) electrons. The first kappa shape index (κ1) is 15.8. The van der Waals surface area contributed by atoms with Crippen LogP contribution in [0.3, 0.4) is 0 Å². The van der Waals surface area contributed by atoms with Gasteiger partial charge in [-0.15, -0.1) is 0 Å². The Morgan fingerprint density at radius 1 is 1.22 bits per heavy atom. The second-order valence-corrected chi connectivity index (χ2v) is 6.61. The van der Waals surface area contributed by atoms with Crippen LogP contribution in [0.1, 0.15) is 29.5 Å². The maximum atomic E-state index is 13.0. The van der Waals surface area contributed by atoms with E-state index in [1.165, 1.54) is 0 Å². The second kappa shape index (κ2) is 6.59. The molecule has 0 bridgehead atoms. The average molecular weight is 326 g/mol. The predicted octanol–water partition coefficient (Wildman–Crippen LogP) is 4.58. The Bertz CT molecular complexity index is 739. The van der Waals surface area contributed by atoms with Crippen LogP contribution in [0.2, 0.25) is 5.02 Å². The number of hydrogen-bond acceptors (Lipinski definition) is 1. The molecule has 1 atom stereocenters. The molecule has 0 fully saturated rings. The van der Waals surface area contributed by atoms with Crippen LogP contribution in [0.4, 0.5) is 0 Å². The molecule has 23 heavy (non-hydrogen) atoms. The summed E-state index contributed by atoms with van der Waals surface area (Å²) >= 11 is 6.19. The molecule has 1 aliphatic carbocycles. The van der Waals surface area contributed by atoms with Crippen LogP contribution in [-0.4, -0.2) is 17.4 Å². The monoisotopic (exact) mass is 325 g/mol. The summed E-state index contributed by atoms with van der Waals surface area (Å²) in [6.07, 6.45) is 0.731. The Morgan fingerprint density at radius 2 is 1.96 bits per heavy atom. The lowest BCUT2D eigenvalue weighted by Gasteiger charge is -2.35. The molecule has 0 aromatic heterocycles. The fraction of sp³-hybridized carbons (Fsp3) is 0.250. The fourth-order valence-electron chi connectivity index (χ4n) is 3.08. The smallest absolute Gasteiger partial charge is 0.231 e. The van der Waals surface area contributed by atoms with Crippen LogP contribution < -0.4 is 0 Å². The van der Waals surface area contributed by atoms with E-state index in [1.54, 1.807) is 0 Å². The van der Waals surface area contributed by atoms with E-state index in [0.717, 1.165) is 33.7 Å². The summed E-state index contributed by atoms with van der Waals surface area (Å²) in [6.45, 7) is 7.11. The van der Waals surface area contributed by atoms with E-state index >= 15 is 0 Å². The van der Waals surface area contributed by atoms with Gasteiger partial charge in [0.15, 0.2) is 0 Å². The highest BCUT2D eigenvalue weighted by Gasteiger charge is 2.36. The average Bonchev–Trinajstić information content (AvgIpc) is 2.49. The molecule has 118 valence electrons. The molecule has 1 aliphatic rings. The second-order valence-electron chi connectivity index (χ2n) is 6.20. The van der Waals surface area contributed by atoms with Gasteiger partial charge in [-0.1, -0.05) is 66.2 Å². The lowest BCUT2D eigenvalue weighted by atomic mass is 9.76. The minimum absolute atomic E-state index is 0.0771. The molecule has 2 aromatic rings. The normalized spacial score (nSPS) is 15.5. The van der Waals surface area contributed by atoms with Crippen LogP contribution >= 0.6 is 11.6 Å². The van der Waals surface area contributed by atoms with Crippen LogP contribution in [0, 0.1) is 0 Å². The molecule has 0 N–H and O–H groups in total. The van der Waals surface area contributed by atoms with Gasteiger partial charge in [0.2, 0.25) is 5.91 Å². The van der Waals surface area contributed by atoms with Crippen molar-refractivity contribution in [3.05, 3.63) is 82.4 Å². The number of hydrogen-bond donors (Lipinski definition) is 0. The van der Waals surface area contributed by atoms with E-state index in [9.17, 15) is 4.79 Å². The van der Waals surface area contributed by atoms with E-state index in [4.69, 9.17) is 11.6 Å². The van der Waals surface area contributed by atoms with Gasteiger partial charge < -0.3 is 4.90 Å². The summed E-state index contributed by atoms with van der Waals surface area (Å²) in [5.41, 5.74) is 4.30. The van der Waals surface area contributed by atoms with Crippen molar-refractivity contribution in [2.24, 2.45) is 0 Å². The highest BCUT2D eigenvalue weighted by molar-refractivity contribution is 6.31. The third kappa shape index (κ3) is 3.32. The zero-order valence-corrected chi connectivity index (χ0v) is 14.0. The van der Waals surface area contributed by atoms with Crippen LogP contribution in [0.15, 0.2) is 60.7 Å². The molecule has 3 heteroatoms. The number of amides is 1. The summed E-state index contributed by atoms with van der Waals surface area (Å²) in [6, 6.07) is 15.9. The van der Waals surface area contributed by atoms with Crippen molar-refractivity contribution in [1.82, 2.24) is 4.90 Å². The minimum Gasteiger partial charge on any atom is -0.334 e. The Kier molecular flexibility index (Phi) is 4.53. The Balaban J connectivity index is 1.80. The van der Waals surface area contributed by atoms with Crippen molar-refractivity contribution < 1.29 is 4.79 Å². The molecule has 0 saturated heterocycles. The Morgan fingerprint density at radius 3 is 2.65 bits per heavy atom. The number of fused-ring (bicyclic) bond motifs is 1. The van der Waals surface area contributed by atoms with E-state index in [0.29, 0.717) is 13.1 Å².